The first-order valence-electron chi connectivity index (χ1n) is 6.28. The lowest BCUT2D eigenvalue weighted by molar-refractivity contribution is 0.464. The third-order valence-electron chi connectivity index (χ3n) is 2.95. The lowest BCUT2D eigenvalue weighted by Crippen LogP contribution is -2.05. The van der Waals surface area contributed by atoms with Gasteiger partial charge in [0, 0.05) is 11.4 Å². The summed E-state index contributed by atoms with van der Waals surface area (Å²) in [7, 11) is -3.87. The number of alkyl halides is 1. The van der Waals surface area contributed by atoms with Gasteiger partial charge in [0.25, 0.3) is 0 Å². The van der Waals surface area contributed by atoms with E-state index in [0.29, 0.717) is 11.4 Å². The third-order valence-corrected chi connectivity index (χ3v) is 4.53. The van der Waals surface area contributed by atoms with E-state index < -0.39 is 10.1 Å². The van der Waals surface area contributed by atoms with Gasteiger partial charge in [-0.1, -0.05) is 48.5 Å². The fourth-order valence-corrected chi connectivity index (χ4v) is 2.82. The van der Waals surface area contributed by atoms with Crippen molar-refractivity contribution in [2.24, 2.45) is 0 Å². The highest BCUT2D eigenvalue weighted by Crippen LogP contribution is 2.22. The van der Waals surface area contributed by atoms with Gasteiger partial charge in [-0.15, -0.1) is 11.6 Å². The van der Waals surface area contributed by atoms with Crippen LogP contribution in [0.4, 0.5) is 0 Å². The number of hydrogen-bond donors (Lipinski definition) is 0. The molecule has 0 radical (unpaired) electrons. The van der Waals surface area contributed by atoms with Crippen LogP contribution < -0.4 is 0 Å². The fourth-order valence-electron chi connectivity index (χ4n) is 1.71. The molecule has 0 aliphatic rings. The molecule has 2 aromatic rings. The first-order chi connectivity index (χ1) is 9.92. The van der Waals surface area contributed by atoms with Crippen LogP contribution in [0.3, 0.4) is 0 Å². The molecule has 0 atom stereocenters. The fraction of sp³-hybridized carbons (Fsp3) is 0.125. The lowest BCUT2D eigenvalue weighted by atomic mass is 10.1. The van der Waals surface area contributed by atoms with Crippen LogP contribution >= 0.6 is 11.6 Å². The van der Waals surface area contributed by atoms with Crippen molar-refractivity contribution in [3.05, 3.63) is 71.8 Å². The Labute approximate surface area is 130 Å². The van der Waals surface area contributed by atoms with Crippen molar-refractivity contribution >= 4 is 27.5 Å². The predicted molar refractivity (Wildman–Crippen MR) is 84.5 cm³/mol. The van der Waals surface area contributed by atoms with E-state index in [1.54, 1.807) is 36.4 Å². The molecular weight excluding hydrogens is 308 g/mol. The summed E-state index contributed by atoms with van der Waals surface area (Å²) in [5.74, 6) is 0.478. The summed E-state index contributed by atoms with van der Waals surface area (Å²) in [6.45, 7) is 5.56. The van der Waals surface area contributed by atoms with Gasteiger partial charge < -0.3 is 4.18 Å². The smallest absolute Gasteiger partial charge is 0.339 e. The molecule has 3 nitrogen and oxygen atoms in total. The summed E-state index contributed by atoms with van der Waals surface area (Å²) in [5.41, 5.74) is 2.51. The van der Waals surface area contributed by atoms with Crippen LogP contribution in [-0.4, -0.2) is 8.42 Å². The molecule has 0 saturated carbocycles. The van der Waals surface area contributed by atoms with E-state index >= 15 is 0 Å². The minimum atomic E-state index is -3.87. The monoisotopic (exact) mass is 322 g/mol. The predicted octanol–water partition coefficient (Wildman–Crippen LogP) is 4.11. The number of rotatable bonds is 5. The molecule has 0 N–H and O–H groups in total. The highest BCUT2D eigenvalue weighted by molar-refractivity contribution is 7.87. The average molecular weight is 323 g/mol. The van der Waals surface area contributed by atoms with Crippen LogP contribution in [0.15, 0.2) is 60.0 Å². The molecule has 0 saturated heterocycles. The van der Waals surface area contributed by atoms with Crippen molar-refractivity contribution in [3.63, 3.8) is 0 Å². The first-order valence-corrected chi connectivity index (χ1v) is 8.22. The summed E-state index contributed by atoms with van der Waals surface area (Å²) in [4.78, 5) is 0.103. The van der Waals surface area contributed by atoms with Gasteiger partial charge in [0.2, 0.25) is 0 Å². The number of hydrogen-bond acceptors (Lipinski definition) is 3. The molecule has 110 valence electrons. The van der Waals surface area contributed by atoms with Crippen molar-refractivity contribution in [1.29, 1.82) is 0 Å². The van der Waals surface area contributed by atoms with Gasteiger partial charge in [0.05, 0.1) is 0 Å². The van der Waals surface area contributed by atoms with E-state index in [9.17, 15) is 8.42 Å². The normalized spacial score (nSPS) is 11.1. The van der Waals surface area contributed by atoms with E-state index in [4.69, 9.17) is 15.8 Å². The van der Waals surface area contributed by atoms with Crippen LogP contribution in [0, 0.1) is 6.92 Å². The number of benzene rings is 2. The molecule has 0 aromatic heterocycles. The molecule has 2 aromatic carbocycles. The van der Waals surface area contributed by atoms with Gasteiger partial charge in [-0.2, -0.15) is 8.42 Å². The Hall–Kier alpha value is -1.78. The van der Waals surface area contributed by atoms with Gasteiger partial charge in [0.1, 0.15) is 10.7 Å². The molecule has 0 heterocycles. The van der Waals surface area contributed by atoms with E-state index in [2.05, 4.69) is 6.58 Å². The summed E-state index contributed by atoms with van der Waals surface area (Å²) < 4.78 is 29.4. The van der Waals surface area contributed by atoms with Gasteiger partial charge in [-0.3, -0.25) is 0 Å². The Balaban J connectivity index is 2.19. The molecule has 0 aliphatic heterocycles. The standard InChI is InChI=1S/C16H15ClO3S/c1-12-3-9-16(10-4-12)21(18,19)20-13(2)15-7-5-14(11-17)6-8-15/h3-10H,2,11H2,1H3. The van der Waals surface area contributed by atoms with Crippen LogP contribution in [0.2, 0.25) is 0 Å². The third kappa shape index (κ3) is 3.86. The Morgan fingerprint density at radius 3 is 2.19 bits per heavy atom. The molecule has 0 bridgehead atoms. The van der Waals surface area contributed by atoms with Crippen LogP contribution in [0.25, 0.3) is 5.76 Å². The van der Waals surface area contributed by atoms with Crippen LogP contribution in [0.1, 0.15) is 16.7 Å². The van der Waals surface area contributed by atoms with E-state index in [-0.39, 0.29) is 10.7 Å². The van der Waals surface area contributed by atoms with Gasteiger partial charge >= 0.3 is 10.1 Å². The summed E-state index contributed by atoms with van der Waals surface area (Å²) in [6.07, 6.45) is 0. The highest BCUT2D eigenvalue weighted by Gasteiger charge is 2.17. The zero-order valence-electron chi connectivity index (χ0n) is 11.5. The minimum Gasteiger partial charge on any atom is -0.379 e. The quantitative estimate of drug-likeness (QED) is 0.472. The van der Waals surface area contributed by atoms with E-state index in [1.807, 2.05) is 6.92 Å². The minimum absolute atomic E-state index is 0.0803. The summed E-state index contributed by atoms with van der Waals surface area (Å²) in [6, 6.07) is 13.5. The van der Waals surface area contributed by atoms with E-state index in [1.165, 1.54) is 12.1 Å². The average Bonchev–Trinajstić information content (AvgIpc) is 2.47. The lowest BCUT2D eigenvalue weighted by Gasteiger charge is -2.10. The Kier molecular flexibility index (Phi) is 4.70. The summed E-state index contributed by atoms with van der Waals surface area (Å²) >= 11 is 5.71. The number of halogens is 1. The maximum Gasteiger partial charge on any atom is 0.339 e. The Bertz CT molecular complexity index is 732. The molecule has 2 rings (SSSR count). The van der Waals surface area contributed by atoms with E-state index in [0.717, 1.165) is 11.1 Å². The number of aryl methyl sites for hydroxylation is 1. The zero-order valence-corrected chi connectivity index (χ0v) is 13.1. The second kappa shape index (κ2) is 6.33. The highest BCUT2D eigenvalue weighted by atomic mass is 35.5. The maximum atomic E-state index is 12.1. The van der Waals surface area contributed by atoms with Crippen molar-refractivity contribution in [2.45, 2.75) is 17.7 Å². The van der Waals surface area contributed by atoms with Gasteiger partial charge in [0.15, 0.2) is 0 Å². The summed E-state index contributed by atoms with van der Waals surface area (Å²) in [5, 5.41) is 0. The molecule has 0 aliphatic carbocycles. The SMILES string of the molecule is C=C(OS(=O)(=O)c1ccc(C)cc1)c1ccc(CCl)cc1. The topological polar surface area (TPSA) is 43.4 Å². The Morgan fingerprint density at radius 2 is 1.67 bits per heavy atom. The first kappa shape index (κ1) is 15.6. The van der Waals surface area contributed by atoms with Crippen LogP contribution in [0.5, 0.6) is 0 Å². The zero-order chi connectivity index (χ0) is 15.5. The van der Waals surface area contributed by atoms with Crippen molar-refractivity contribution in [3.8, 4) is 0 Å². The molecule has 0 amide bonds. The molecule has 21 heavy (non-hydrogen) atoms. The van der Waals surface area contributed by atoms with Crippen molar-refractivity contribution in [2.75, 3.05) is 0 Å². The molecule has 5 heteroatoms. The second-order valence-electron chi connectivity index (χ2n) is 4.60. The van der Waals surface area contributed by atoms with Crippen LogP contribution in [-0.2, 0) is 20.2 Å². The molecule has 0 unspecified atom stereocenters. The molecular formula is C16H15ClO3S. The largest absolute Gasteiger partial charge is 0.379 e. The molecule has 0 fully saturated rings. The van der Waals surface area contributed by atoms with Crippen molar-refractivity contribution in [1.82, 2.24) is 0 Å². The van der Waals surface area contributed by atoms with Gasteiger partial charge in [-0.05, 0) is 24.6 Å². The molecule has 0 spiro atoms. The Morgan fingerprint density at radius 1 is 1.10 bits per heavy atom. The second-order valence-corrected chi connectivity index (χ2v) is 6.42. The maximum absolute atomic E-state index is 12.1. The van der Waals surface area contributed by atoms with Crippen molar-refractivity contribution < 1.29 is 12.6 Å². The van der Waals surface area contributed by atoms with Gasteiger partial charge in [-0.25, -0.2) is 0 Å².